The summed E-state index contributed by atoms with van der Waals surface area (Å²) >= 11 is 0. The Balaban J connectivity index is 1.56. The third-order valence-electron chi connectivity index (χ3n) is 5.21. The van der Waals surface area contributed by atoms with Gasteiger partial charge in [-0.2, -0.15) is 0 Å². The van der Waals surface area contributed by atoms with E-state index in [2.05, 4.69) is 22.8 Å². The largest absolute Gasteiger partial charge is 0.360 e. The summed E-state index contributed by atoms with van der Waals surface area (Å²) in [7, 11) is 2.05. The molecule has 6 heteroatoms. The van der Waals surface area contributed by atoms with E-state index in [0.29, 0.717) is 12.2 Å². The number of fused-ring (bicyclic) bond motifs is 1. The maximum absolute atomic E-state index is 12.8. The number of amides is 1. The van der Waals surface area contributed by atoms with Crippen LogP contribution < -0.4 is 0 Å². The molecule has 26 heavy (non-hydrogen) atoms. The fourth-order valence-corrected chi connectivity index (χ4v) is 3.73. The highest BCUT2D eigenvalue weighted by molar-refractivity contribution is 5.92. The molecule has 0 spiro atoms. The monoisotopic (exact) mass is 352 g/mol. The minimum atomic E-state index is -0.0517. The van der Waals surface area contributed by atoms with Gasteiger partial charge in [0.25, 0.3) is 5.91 Å². The number of hydrogen-bond donors (Lipinski definition) is 0. The molecule has 1 aliphatic rings. The lowest BCUT2D eigenvalue weighted by Crippen LogP contribution is -2.39. The fraction of sp³-hybridized carbons (Fsp3) is 0.450. The second-order valence-electron chi connectivity index (χ2n) is 7.38. The number of carbonyl (C=O) groups excluding carboxylic acids is 1. The van der Waals surface area contributed by atoms with Gasteiger partial charge in [0.1, 0.15) is 11.6 Å². The lowest BCUT2D eigenvalue weighted by Gasteiger charge is -2.31. The highest BCUT2D eigenvalue weighted by Gasteiger charge is 2.30. The summed E-state index contributed by atoms with van der Waals surface area (Å²) in [5.41, 5.74) is 2.54. The zero-order valence-electron chi connectivity index (χ0n) is 15.5. The van der Waals surface area contributed by atoms with Crippen LogP contribution >= 0.6 is 0 Å². The van der Waals surface area contributed by atoms with Crippen molar-refractivity contribution in [2.75, 3.05) is 13.1 Å². The van der Waals surface area contributed by atoms with Gasteiger partial charge in [-0.05, 0) is 25.0 Å². The van der Waals surface area contributed by atoms with Crippen molar-refractivity contribution in [3.8, 4) is 0 Å². The maximum Gasteiger partial charge on any atom is 0.276 e. The number of aromatic nitrogens is 3. The van der Waals surface area contributed by atoms with E-state index in [1.165, 1.54) is 0 Å². The molecule has 6 nitrogen and oxygen atoms in total. The molecule has 1 aromatic carbocycles. The molecule has 1 aliphatic heterocycles. The van der Waals surface area contributed by atoms with Crippen LogP contribution in [-0.4, -0.2) is 38.6 Å². The third-order valence-corrected chi connectivity index (χ3v) is 5.21. The summed E-state index contributed by atoms with van der Waals surface area (Å²) in [6.45, 7) is 5.47. The van der Waals surface area contributed by atoms with E-state index in [0.717, 1.165) is 42.0 Å². The predicted molar refractivity (Wildman–Crippen MR) is 99.2 cm³/mol. The van der Waals surface area contributed by atoms with Crippen molar-refractivity contribution in [3.63, 3.8) is 0 Å². The van der Waals surface area contributed by atoms with Crippen LogP contribution in [0.3, 0.4) is 0 Å². The Kier molecular flexibility index (Phi) is 4.26. The lowest BCUT2D eigenvalue weighted by atomic mass is 9.97. The SMILES string of the molecule is CC(C)c1cc(C(=O)N2CCCC(c3nc4ccccc4n3C)C2)no1. The molecule has 3 heterocycles. The van der Waals surface area contributed by atoms with Gasteiger partial charge in [0.15, 0.2) is 5.69 Å². The molecule has 2 aromatic heterocycles. The smallest absolute Gasteiger partial charge is 0.276 e. The van der Waals surface area contributed by atoms with Crippen molar-refractivity contribution >= 4 is 16.9 Å². The van der Waals surface area contributed by atoms with E-state index in [1.54, 1.807) is 6.07 Å². The molecule has 0 aliphatic carbocycles. The van der Waals surface area contributed by atoms with Crippen molar-refractivity contribution in [2.45, 2.75) is 38.5 Å². The first kappa shape index (κ1) is 16.8. The van der Waals surface area contributed by atoms with Crippen molar-refractivity contribution in [1.82, 2.24) is 19.6 Å². The van der Waals surface area contributed by atoms with E-state index >= 15 is 0 Å². The molecule has 3 aromatic rings. The van der Waals surface area contributed by atoms with Crippen LogP contribution in [0.2, 0.25) is 0 Å². The van der Waals surface area contributed by atoms with Gasteiger partial charge in [0.2, 0.25) is 0 Å². The van der Waals surface area contributed by atoms with E-state index in [1.807, 2.05) is 36.9 Å². The van der Waals surface area contributed by atoms with Gasteiger partial charge in [-0.15, -0.1) is 0 Å². The maximum atomic E-state index is 12.8. The number of rotatable bonds is 3. The van der Waals surface area contributed by atoms with Crippen LogP contribution in [0, 0.1) is 0 Å². The van der Waals surface area contributed by atoms with Crippen LogP contribution in [0.5, 0.6) is 0 Å². The van der Waals surface area contributed by atoms with Crippen LogP contribution in [0.4, 0.5) is 0 Å². The summed E-state index contributed by atoms with van der Waals surface area (Å²) in [4.78, 5) is 19.6. The molecule has 0 N–H and O–H groups in total. The first-order chi connectivity index (χ1) is 12.5. The fourth-order valence-electron chi connectivity index (χ4n) is 3.73. The minimum Gasteiger partial charge on any atom is -0.360 e. The summed E-state index contributed by atoms with van der Waals surface area (Å²) in [6, 6.07) is 9.92. The molecule has 1 atom stereocenters. The van der Waals surface area contributed by atoms with Gasteiger partial charge in [0, 0.05) is 38.0 Å². The number of benzene rings is 1. The van der Waals surface area contributed by atoms with Crippen LogP contribution in [0.1, 0.15) is 60.6 Å². The molecule has 1 unspecified atom stereocenters. The predicted octanol–water partition coefficient (Wildman–Crippen LogP) is 3.70. The van der Waals surface area contributed by atoms with Crippen molar-refractivity contribution in [1.29, 1.82) is 0 Å². The molecule has 0 radical (unpaired) electrons. The molecule has 1 fully saturated rings. The number of aryl methyl sites for hydroxylation is 1. The Morgan fingerprint density at radius 1 is 1.31 bits per heavy atom. The Labute approximate surface area is 152 Å². The number of hydrogen-bond acceptors (Lipinski definition) is 4. The molecule has 0 saturated carbocycles. The average Bonchev–Trinajstić information content (AvgIpc) is 3.27. The van der Waals surface area contributed by atoms with Crippen molar-refractivity contribution in [2.24, 2.45) is 7.05 Å². The molecular formula is C20H24N4O2. The number of nitrogens with zero attached hydrogens (tertiary/aromatic N) is 4. The Morgan fingerprint density at radius 2 is 2.12 bits per heavy atom. The topological polar surface area (TPSA) is 64.2 Å². The number of piperidine rings is 1. The lowest BCUT2D eigenvalue weighted by molar-refractivity contribution is 0.0693. The van der Waals surface area contributed by atoms with Gasteiger partial charge in [0.05, 0.1) is 11.0 Å². The van der Waals surface area contributed by atoms with Gasteiger partial charge < -0.3 is 14.0 Å². The van der Waals surface area contributed by atoms with E-state index < -0.39 is 0 Å². The van der Waals surface area contributed by atoms with Crippen molar-refractivity contribution < 1.29 is 9.32 Å². The number of carbonyl (C=O) groups is 1. The van der Waals surface area contributed by atoms with Gasteiger partial charge in [-0.25, -0.2) is 4.98 Å². The normalized spacial score (nSPS) is 18.0. The zero-order chi connectivity index (χ0) is 18.3. The number of imidazole rings is 1. The average molecular weight is 352 g/mol. The number of para-hydroxylation sites is 2. The van der Waals surface area contributed by atoms with Gasteiger partial charge in [-0.1, -0.05) is 31.1 Å². The summed E-state index contributed by atoms with van der Waals surface area (Å²) in [5.74, 6) is 2.20. The highest BCUT2D eigenvalue weighted by Crippen LogP contribution is 2.29. The second kappa shape index (κ2) is 6.59. The molecular weight excluding hydrogens is 328 g/mol. The Hall–Kier alpha value is -2.63. The Morgan fingerprint density at radius 3 is 2.85 bits per heavy atom. The van der Waals surface area contributed by atoms with Crippen LogP contribution in [0.25, 0.3) is 11.0 Å². The third kappa shape index (κ3) is 2.89. The Bertz CT molecular complexity index is 940. The molecule has 136 valence electrons. The van der Waals surface area contributed by atoms with Crippen LogP contribution in [0.15, 0.2) is 34.9 Å². The second-order valence-corrected chi connectivity index (χ2v) is 7.38. The molecule has 1 saturated heterocycles. The van der Waals surface area contributed by atoms with E-state index in [-0.39, 0.29) is 17.7 Å². The van der Waals surface area contributed by atoms with Crippen molar-refractivity contribution in [3.05, 3.63) is 47.6 Å². The zero-order valence-corrected chi connectivity index (χ0v) is 15.5. The molecule has 1 amide bonds. The summed E-state index contributed by atoms with van der Waals surface area (Å²) in [6.07, 6.45) is 2.01. The highest BCUT2D eigenvalue weighted by atomic mass is 16.5. The molecule has 4 rings (SSSR count). The first-order valence-corrected chi connectivity index (χ1v) is 9.22. The minimum absolute atomic E-state index is 0.0517. The molecule has 0 bridgehead atoms. The van der Waals surface area contributed by atoms with Gasteiger partial charge >= 0.3 is 0 Å². The first-order valence-electron chi connectivity index (χ1n) is 9.22. The van der Waals surface area contributed by atoms with E-state index in [4.69, 9.17) is 9.51 Å². The van der Waals surface area contributed by atoms with Gasteiger partial charge in [-0.3, -0.25) is 4.79 Å². The summed E-state index contributed by atoms with van der Waals surface area (Å²) < 4.78 is 7.45. The van der Waals surface area contributed by atoms with E-state index in [9.17, 15) is 4.79 Å². The summed E-state index contributed by atoms with van der Waals surface area (Å²) in [5, 5.41) is 3.98. The quantitative estimate of drug-likeness (QED) is 0.721. The standard InChI is InChI=1S/C20H24N4O2/c1-13(2)18-11-16(22-26-18)20(25)24-10-6-7-14(12-24)19-21-15-8-4-5-9-17(15)23(19)3/h4-5,8-9,11,13-14H,6-7,10,12H2,1-3H3. The van der Waals surface area contributed by atoms with Crippen LogP contribution in [-0.2, 0) is 7.05 Å². The number of likely N-dealkylation sites (tertiary alicyclic amines) is 1.